The molecule has 0 saturated heterocycles. The van der Waals surface area contributed by atoms with Gasteiger partial charge in [0, 0.05) is 42.3 Å². The SMILES string of the molecule is COc1ccccc1-c1cncc(C(=O)NC2CCCn3c2nc(-c2ccncn2)cc3=O)c1. The predicted molar refractivity (Wildman–Crippen MR) is 125 cm³/mol. The van der Waals surface area contributed by atoms with Crippen LogP contribution in [0.3, 0.4) is 0 Å². The van der Waals surface area contributed by atoms with Crippen molar-refractivity contribution in [3.8, 4) is 28.3 Å². The average Bonchev–Trinajstić information content (AvgIpc) is 2.89. The minimum Gasteiger partial charge on any atom is -0.496 e. The van der Waals surface area contributed by atoms with Crippen LogP contribution in [0.25, 0.3) is 22.5 Å². The summed E-state index contributed by atoms with van der Waals surface area (Å²) in [7, 11) is 1.61. The van der Waals surface area contributed by atoms with Crippen molar-refractivity contribution in [3.63, 3.8) is 0 Å². The van der Waals surface area contributed by atoms with E-state index >= 15 is 0 Å². The Bertz CT molecular complexity index is 1400. The summed E-state index contributed by atoms with van der Waals surface area (Å²) in [4.78, 5) is 43.0. The Kier molecular flexibility index (Phi) is 5.82. The largest absolute Gasteiger partial charge is 0.496 e. The molecule has 1 aliphatic heterocycles. The van der Waals surface area contributed by atoms with Gasteiger partial charge in [0.05, 0.1) is 30.1 Å². The van der Waals surface area contributed by atoms with Crippen LogP contribution in [0, 0.1) is 0 Å². The maximum atomic E-state index is 13.2. The van der Waals surface area contributed by atoms with Crippen LogP contribution in [0.15, 0.2) is 72.2 Å². The normalized spacial score (nSPS) is 14.8. The number of rotatable bonds is 5. The van der Waals surface area contributed by atoms with Crippen LogP contribution >= 0.6 is 0 Å². The van der Waals surface area contributed by atoms with E-state index in [2.05, 4.69) is 25.3 Å². The molecular formula is C25H22N6O3. The lowest BCUT2D eigenvalue weighted by molar-refractivity contribution is 0.0927. The van der Waals surface area contributed by atoms with E-state index in [1.807, 2.05) is 24.3 Å². The topological polar surface area (TPSA) is 112 Å². The Morgan fingerprint density at radius 3 is 2.82 bits per heavy atom. The fourth-order valence-electron chi connectivity index (χ4n) is 4.14. The van der Waals surface area contributed by atoms with Gasteiger partial charge in [0.2, 0.25) is 0 Å². The first-order valence-electron chi connectivity index (χ1n) is 10.9. The molecule has 1 N–H and O–H groups in total. The van der Waals surface area contributed by atoms with Crippen LogP contribution in [0.5, 0.6) is 5.75 Å². The van der Waals surface area contributed by atoms with Gasteiger partial charge in [-0.2, -0.15) is 0 Å². The number of fused-ring (bicyclic) bond motifs is 1. The first-order chi connectivity index (χ1) is 16.6. The lowest BCUT2D eigenvalue weighted by Gasteiger charge is -2.27. The van der Waals surface area contributed by atoms with Crippen molar-refractivity contribution in [1.82, 2.24) is 29.8 Å². The lowest BCUT2D eigenvalue weighted by atomic mass is 10.0. The van der Waals surface area contributed by atoms with Crippen LogP contribution in [-0.4, -0.2) is 37.5 Å². The number of hydrogen-bond donors (Lipinski definition) is 1. The lowest BCUT2D eigenvalue weighted by Crippen LogP contribution is -2.38. The van der Waals surface area contributed by atoms with Gasteiger partial charge in [0.15, 0.2) is 0 Å². The third kappa shape index (κ3) is 4.15. The first-order valence-corrected chi connectivity index (χ1v) is 10.9. The fraction of sp³-hybridized carbons (Fsp3) is 0.200. The van der Waals surface area contributed by atoms with Gasteiger partial charge in [-0.15, -0.1) is 0 Å². The molecule has 0 spiro atoms. The Hall–Kier alpha value is -4.40. The van der Waals surface area contributed by atoms with Gasteiger partial charge < -0.3 is 10.1 Å². The average molecular weight is 454 g/mol. The van der Waals surface area contributed by atoms with Crippen molar-refractivity contribution in [2.24, 2.45) is 0 Å². The first kappa shape index (κ1) is 21.4. The van der Waals surface area contributed by atoms with E-state index in [4.69, 9.17) is 4.74 Å². The number of carbonyl (C=O) groups is 1. The summed E-state index contributed by atoms with van der Waals surface area (Å²) in [5.74, 6) is 0.933. The van der Waals surface area contributed by atoms with Crippen molar-refractivity contribution >= 4 is 5.91 Å². The van der Waals surface area contributed by atoms with E-state index in [9.17, 15) is 9.59 Å². The molecule has 1 unspecified atom stereocenters. The van der Waals surface area contributed by atoms with Crippen LogP contribution in [0.1, 0.15) is 35.1 Å². The number of ether oxygens (including phenoxy) is 1. The van der Waals surface area contributed by atoms with Gasteiger partial charge in [-0.1, -0.05) is 18.2 Å². The number of carbonyl (C=O) groups excluding carboxylic acids is 1. The van der Waals surface area contributed by atoms with Crippen LogP contribution in [0.2, 0.25) is 0 Å². The summed E-state index contributed by atoms with van der Waals surface area (Å²) in [6.07, 6.45) is 7.66. The van der Waals surface area contributed by atoms with E-state index in [1.54, 1.807) is 36.2 Å². The summed E-state index contributed by atoms with van der Waals surface area (Å²) < 4.78 is 7.06. The second-order valence-corrected chi connectivity index (χ2v) is 7.91. The van der Waals surface area contributed by atoms with E-state index < -0.39 is 6.04 Å². The van der Waals surface area contributed by atoms with Gasteiger partial charge in [0.25, 0.3) is 11.5 Å². The molecule has 3 aromatic heterocycles. The van der Waals surface area contributed by atoms with Gasteiger partial charge in [-0.3, -0.25) is 19.1 Å². The maximum Gasteiger partial charge on any atom is 0.254 e. The second-order valence-electron chi connectivity index (χ2n) is 7.91. The number of methoxy groups -OCH3 is 1. The van der Waals surface area contributed by atoms with Gasteiger partial charge in [-0.25, -0.2) is 15.0 Å². The molecule has 1 aromatic carbocycles. The summed E-state index contributed by atoms with van der Waals surface area (Å²) in [6, 6.07) is 12.1. The molecule has 0 radical (unpaired) electrons. The molecule has 0 aliphatic carbocycles. The molecule has 170 valence electrons. The number of hydrogen-bond acceptors (Lipinski definition) is 7. The van der Waals surface area contributed by atoms with Crippen molar-refractivity contribution in [2.45, 2.75) is 25.4 Å². The molecule has 0 bridgehead atoms. The standard InChI is InChI=1S/C25H22N6O3/c1-34-22-7-3-2-5-18(22)16-11-17(14-27-13-16)25(33)30-20-6-4-10-31-23(32)12-21(29-24(20)31)19-8-9-26-15-28-19/h2-3,5,7-9,11-15,20H,4,6,10H2,1H3,(H,30,33). The number of amides is 1. The number of aromatic nitrogens is 5. The highest BCUT2D eigenvalue weighted by Crippen LogP contribution is 2.30. The number of pyridine rings is 1. The number of para-hydroxylation sites is 1. The zero-order valence-electron chi connectivity index (χ0n) is 18.5. The van der Waals surface area contributed by atoms with E-state index in [1.165, 1.54) is 18.6 Å². The highest BCUT2D eigenvalue weighted by molar-refractivity contribution is 5.95. The molecular weight excluding hydrogens is 432 g/mol. The number of nitrogens with one attached hydrogen (secondary N) is 1. The van der Waals surface area contributed by atoms with Gasteiger partial charge >= 0.3 is 0 Å². The molecule has 1 aliphatic rings. The minimum atomic E-state index is -0.411. The molecule has 0 fully saturated rings. The van der Waals surface area contributed by atoms with Crippen LogP contribution in [0.4, 0.5) is 0 Å². The van der Waals surface area contributed by atoms with E-state index in [-0.39, 0.29) is 11.5 Å². The van der Waals surface area contributed by atoms with Crippen molar-refractivity contribution < 1.29 is 9.53 Å². The van der Waals surface area contributed by atoms with Crippen molar-refractivity contribution in [1.29, 1.82) is 0 Å². The molecule has 5 rings (SSSR count). The molecule has 9 heteroatoms. The molecule has 4 aromatic rings. The van der Waals surface area contributed by atoms with Gasteiger partial charge in [-0.05, 0) is 31.0 Å². The Balaban J connectivity index is 1.45. The minimum absolute atomic E-state index is 0.169. The van der Waals surface area contributed by atoms with Crippen LogP contribution in [-0.2, 0) is 6.54 Å². The van der Waals surface area contributed by atoms with Crippen molar-refractivity contribution in [2.75, 3.05) is 7.11 Å². The molecule has 34 heavy (non-hydrogen) atoms. The molecule has 9 nitrogen and oxygen atoms in total. The monoisotopic (exact) mass is 454 g/mol. The van der Waals surface area contributed by atoms with E-state index in [0.717, 1.165) is 17.5 Å². The third-order valence-electron chi connectivity index (χ3n) is 5.79. The second kappa shape index (κ2) is 9.22. The zero-order valence-corrected chi connectivity index (χ0v) is 18.5. The van der Waals surface area contributed by atoms with E-state index in [0.29, 0.717) is 41.5 Å². The van der Waals surface area contributed by atoms with Gasteiger partial charge in [0.1, 0.15) is 17.9 Å². The Morgan fingerprint density at radius 1 is 1.12 bits per heavy atom. The summed E-state index contributed by atoms with van der Waals surface area (Å²) in [5, 5.41) is 3.04. The highest BCUT2D eigenvalue weighted by Gasteiger charge is 2.26. The van der Waals surface area contributed by atoms with Crippen LogP contribution < -0.4 is 15.6 Å². The summed E-state index contributed by atoms with van der Waals surface area (Å²) in [5.41, 5.74) is 2.87. The maximum absolute atomic E-state index is 13.2. The molecule has 0 saturated carbocycles. The third-order valence-corrected chi connectivity index (χ3v) is 5.79. The molecule has 1 atom stereocenters. The zero-order chi connectivity index (χ0) is 23.5. The molecule has 4 heterocycles. The highest BCUT2D eigenvalue weighted by atomic mass is 16.5. The van der Waals surface area contributed by atoms with Crippen molar-refractivity contribution in [3.05, 3.63) is 89.1 Å². The molecule has 1 amide bonds. The predicted octanol–water partition coefficient (Wildman–Crippen LogP) is 3.04. The smallest absolute Gasteiger partial charge is 0.254 e. The Morgan fingerprint density at radius 2 is 2.00 bits per heavy atom. The fourth-order valence-corrected chi connectivity index (χ4v) is 4.14. The number of benzene rings is 1. The Labute approximate surface area is 195 Å². The summed E-state index contributed by atoms with van der Waals surface area (Å²) >= 11 is 0. The quantitative estimate of drug-likeness (QED) is 0.493. The summed E-state index contributed by atoms with van der Waals surface area (Å²) in [6.45, 7) is 0.558. The number of nitrogens with zero attached hydrogens (tertiary/aromatic N) is 5.